The Morgan fingerprint density at radius 2 is 2.20 bits per heavy atom. The number of aliphatic hydroxyl groups is 1. The fourth-order valence-electron chi connectivity index (χ4n) is 2.11. The van der Waals surface area contributed by atoms with Crippen LogP contribution >= 0.6 is 15.9 Å². The van der Waals surface area contributed by atoms with Crippen LogP contribution in [-0.4, -0.2) is 37.7 Å². The second kappa shape index (κ2) is 6.32. The van der Waals surface area contributed by atoms with E-state index in [9.17, 15) is 13.5 Å². The number of hydrogen-bond acceptors (Lipinski definition) is 5. The van der Waals surface area contributed by atoms with Gasteiger partial charge in [-0.15, -0.1) is 0 Å². The van der Waals surface area contributed by atoms with Crippen LogP contribution in [0.25, 0.3) is 0 Å². The molecule has 2 rings (SSSR count). The Kier molecular flexibility index (Phi) is 4.93. The molecule has 0 bridgehead atoms. The summed E-state index contributed by atoms with van der Waals surface area (Å²) in [6.45, 7) is 2.21. The van der Waals surface area contributed by atoms with Crippen LogP contribution in [0.2, 0.25) is 0 Å². The van der Waals surface area contributed by atoms with Crippen LogP contribution in [-0.2, 0) is 16.4 Å². The molecule has 0 amide bonds. The first kappa shape index (κ1) is 15.6. The van der Waals surface area contributed by atoms with Gasteiger partial charge in [0.15, 0.2) is 21.3 Å². The number of sulfone groups is 1. The van der Waals surface area contributed by atoms with Crippen molar-refractivity contribution < 1.29 is 23.0 Å². The summed E-state index contributed by atoms with van der Waals surface area (Å²) in [4.78, 5) is 0. The molecule has 112 valence electrons. The molecule has 1 N–H and O–H groups in total. The third-order valence-corrected chi connectivity index (χ3v) is 5.35. The Hall–Kier alpha value is -0.790. The molecule has 1 aliphatic heterocycles. The number of rotatable bonds is 5. The molecule has 1 fully saturated rings. The normalized spacial score (nSPS) is 20.9. The van der Waals surface area contributed by atoms with Gasteiger partial charge in [0.1, 0.15) is 6.10 Å². The minimum Gasteiger partial charge on any atom is -0.490 e. The number of ether oxygens (including phenoxy) is 2. The van der Waals surface area contributed by atoms with E-state index in [1.165, 1.54) is 0 Å². The van der Waals surface area contributed by atoms with Crippen LogP contribution in [0.3, 0.4) is 0 Å². The van der Waals surface area contributed by atoms with Gasteiger partial charge >= 0.3 is 0 Å². The third kappa shape index (κ3) is 3.65. The average molecular weight is 365 g/mol. The van der Waals surface area contributed by atoms with Crippen LogP contribution in [0.4, 0.5) is 0 Å². The maximum atomic E-state index is 11.5. The van der Waals surface area contributed by atoms with Crippen molar-refractivity contribution in [1.29, 1.82) is 0 Å². The molecule has 7 heteroatoms. The van der Waals surface area contributed by atoms with Crippen molar-refractivity contribution in [2.24, 2.45) is 0 Å². The maximum absolute atomic E-state index is 11.5. The van der Waals surface area contributed by atoms with Crippen molar-refractivity contribution in [3.05, 3.63) is 22.2 Å². The number of aliphatic hydroxyl groups excluding tert-OH is 1. The standard InChI is InChI=1S/C13H17BrO5S/c1-2-18-12-6-9(7-15)5-11(14)13(12)19-10-3-4-20(16,17)8-10/h5-6,10,15H,2-4,7-8H2,1H3. The first-order chi connectivity index (χ1) is 9.45. The molecule has 1 aromatic carbocycles. The highest BCUT2D eigenvalue weighted by atomic mass is 79.9. The van der Waals surface area contributed by atoms with E-state index in [-0.39, 0.29) is 24.2 Å². The molecule has 0 radical (unpaired) electrons. The number of halogens is 1. The predicted octanol–water partition coefficient (Wildman–Crippen LogP) is 1.91. The van der Waals surface area contributed by atoms with E-state index < -0.39 is 9.84 Å². The van der Waals surface area contributed by atoms with Gasteiger partial charge in [-0.05, 0) is 47.0 Å². The van der Waals surface area contributed by atoms with Crippen molar-refractivity contribution in [1.82, 2.24) is 0 Å². The summed E-state index contributed by atoms with van der Waals surface area (Å²) in [5.41, 5.74) is 0.701. The number of hydrogen-bond donors (Lipinski definition) is 1. The SMILES string of the molecule is CCOc1cc(CO)cc(Br)c1OC1CCS(=O)(=O)C1. The molecule has 1 saturated heterocycles. The lowest BCUT2D eigenvalue weighted by Gasteiger charge is -2.18. The minimum absolute atomic E-state index is 0.0345. The van der Waals surface area contributed by atoms with E-state index in [0.29, 0.717) is 34.6 Å². The molecule has 1 aliphatic rings. The van der Waals surface area contributed by atoms with Gasteiger partial charge in [0.2, 0.25) is 0 Å². The van der Waals surface area contributed by atoms with Gasteiger partial charge in [0.05, 0.1) is 29.2 Å². The van der Waals surface area contributed by atoms with E-state index in [2.05, 4.69) is 15.9 Å². The van der Waals surface area contributed by atoms with Crippen molar-refractivity contribution >= 4 is 25.8 Å². The second-order valence-electron chi connectivity index (χ2n) is 4.64. The molecule has 1 atom stereocenters. The van der Waals surface area contributed by atoms with Gasteiger partial charge in [-0.1, -0.05) is 0 Å². The molecular formula is C13H17BrO5S. The quantitative estimate of drug-likeness (QED) is 0.863. The van der Waals surface area contributed by atoms with Crippen molar-refractivity contribution in [3.8, 4) is 11.5 Å². The Morgan fingerprint density at radius 3 is 2.75 bits per heavy atom. The van der Waals surface area contributed by atoms with Crippen molar-refractivity contribution in [2.75, 3.05) is 18.1 Å². The van der Waals surface area contributed by atoms with E-state index in [1.54, 1.807) is 12.1 Å². The van der Waals surface area contributed by atoms with E-state index in [0.717, 1.165) is 0 Å². The summed E-state index contributed by atoms with van der Waals surface area (Å²) in [5, 5.41) is 9.20. The molecule has 0 aliphatic carbocycles. The van der Waals surface area contributed by atoms with Crippen LogP contribution in [0.5, 0.6) is 11.5 Å². The molecule has 1 aromatic rings. The zero-order valence-corrected chi connectivity index (χ0v) is 13.5. The topological polar surface area (TPSA) is 72.8 Å². The summed E-state index contributed by atoms with van der Waals surface area (Å²) in [7, 11) is -2.99. The molecule has 5 nitrogen and oxygen atoms in total. The van der Waals surface area contributed by atoms with Crippen LogP contribution in [0, 0.1) is 0 Å². The molecule has 1 heterocycles. The van der Waals surface area contributed by atoms with Crippen LogP contribution in [0.1, 0.15) is 18.9 Å². The van der Waals surface area contributed by atoms with Gasteiger partial charge in [0, 0.05) is 0 Å². The summed E-state index contributed by atoms with van der Waals surface area (Å²) in [6, 6.07) is 3.44. The minimum atomic E-state index is -2.99. The highest BCUT2D eigenvalue weighted by Gasteiger charge is 2.30. The van der Waals surface area contributed by atoms with Gasteiger partial charge in [-0.3, -0.25) is 0 Å². The first-order valence-electron chi connectivity index (χ1n) is 6.38. The Bertz CT molecular complexity index is 585. The lowest BCUT2D eigenvalue weighted by molar-refractivity contribution is 0.210. The Labute approximate surface area is 126 Å². The van der Waals surface area contributed by atoms with E-state index in [1.807, 2.05) is 6.92 Å². The molecular weight excluding hydrogens is 348 g/mol. The zero-order valence-electron chi connectivity index (χ0n) is 11.1. The highest BCUT2D eigenvalue weighted by Crippen LogP contribution is 2.38. The fraction of sp³-hybridized carbons (Fsp3) is 0.538. The summed E-state index contributed by atoms with van der Waals surface area (Å²) in [5.74, 6) is 1.20. The molecule has 20 heavy (non-hydrogen) atoms. The van der Waals surface area contributed by atoms with E-state index >= 15 is 0 Å². The van der Waals surface area contributed by atoms with E-state index in [4.69, 9.17) is 9.47 Å². The van der Waals surface area contributed by atoms with Gasteiger partial charge in [-0.25, -0.2) is 8.42 Å². The third-order valence-electron chi connectivity index (χ3n) is 3.03. The first-order valence-corrected chi connectivity index (χ1v) is 8.99. The average Bonchev–Trinajstić information content (AvgIpc) is 2.73. The summed E-state index contributed by atoms with van der Waals surface area (Å²) in [6.07, 6.45) is 0.137. The summed E-state index contributed by atoms with van der Waals surface area (Å²) >= 11 is 3.38. The smallest absolute Gasteiger partial charge is 0.175 e. The highest BCUT2D eigenvalue weighted by molar-refractivity contribution is 9.10. The largest absolute Gasteiger partial charge is 0.490 e. The lowest BCUT2D eigenvalue weighted by Crippen LogP contribution is -2.18. The predicted molar refractivity (Wildman–Crippen MR) is 78.9 cm³/mol. The zero-order chi connectivity index (χ0) is 14.8. The maximum Gasteiger partial charge on any atom is 0.175 e. The second-order valence-corrected chi connectivity index (χ2v) is 7.72. The molecule has 0 aromatic heterocycles. The van der Waals surface area contributed by atoms with Gasteiger partial charge in [0.25, 0.3) is 0 Å². The fourth-order valence-corrected chi connectivity index (χ4v) is 4.28. The summed E-state index contributed by atoms with van der Waals surface area (Å²) < 4.78 is 34.9. The lowest BCUT2D eigenvalue weighted by atomic mass is 10.2. The van der Waals surface area contributed by atoms with Crippen molar-refractivity contribution in [3.63, 3.8) is 0 Å². The Balaban J connectivity index is 2.26. The van der Waals surface area contributed by atoms with Crippen LogP contribution < -0.4 is 9.47 Å². The van der Waals surface area contributed by atoms with Crippen molar-refractivity contribution in [2.45, 2.75) is 26.1 Å². The monoisotopic (exact) mass is 364 g/mol. The molecule has 0 saturated carbocycles. The van der Waals surface area contributed by atoms with Gasteiger partial charge < -0.3 is 14.6 Å². The molecule has 0 spiro atoms. The Morgan fingerprint density at radius 1 is 1.45 bits per heavy atom. The molecule has 1 unspecified atom stereocenters. The number of benzene rings is 1. The van der Waals surface area contributed by atoms with Crippen LogP contribution in [0.15, 0.2) is 16.6 Å². The van der Waals surface area contributed by atoms with Gasteiger partial charge in [-0.2, -0.15) is 0 Å².